The van der Waals surface area contributed by atoms with Gasteiger partial charge in [0.2, 0.25) is 11.0 Å². The van der Waals surface area contributed by atoms with Gasteiger partial charge in [0, 0.05) is 28.3 Å². The fourth-order valence-electron chi connectivity index (χ4n) is 2.43. The van der Waals surface area contributed by atoms with E-state index in [9.17, 15) is 4.79 Å². The van der Waals surface area contributed by atoms with Crippen molar-refractivity contribution in [2.75, 3.05) is 5.32 Å². The van der Waals surface area contributed by atoms with E-state index >= 15 is 0 Å². The zero-order chi connectivity index (χ0) is 19.3. The van der Waals surface area contributed by atoms with Crippen molar-refractivity contribution in [2.45, 2.75) is 0 Å². The summed E-state index contributed by atoms with van der Waals surface area (Å²) < 4.78 is 10.0. The van der Waals surface area contributed by atoms with Gasteiger partial charge in [-0.15, -0.1) is 0 Å². The quantitative estimate of drug-likeness (QED) is 0.485. The average Bonchev–Trinajstić information content (AvgIpc) is 3.18. The molecule has 0 fully saturated rings. The molecule has 138 valence electrons. The lowest BCUT2D eigenvalue weighted by Crippen LogP contribution is -2.13. The third-order valence-electron chi connectivity index (χ3n) is 3.70. The molecule has 0 aliphatic rings. The van der Waals surface area contributed by atoms with Gasteiger partial charge in [0.1, 0.15) is 11.3 Å². The summed E-state index contributed by atoms with van der Waals surface area (Å²) in [5.74, 6) is 0.919. The number of pyridine rings is 1. The number of halogens is 1. The van der Waals surface area contributed by atoms with E-state index < -0.39 is 0 Å². The first-order valence-corrected chi connectivity index (χ1v) is 9.43. The van der Waals surface area contributed by atoms with Crippen molar-refractivity contribution >= 4 is 34.2 Å². The Morgan fingerprint density at radius 1 is 1.04 bits per heavy atom. The monoisotopic (exact) mass is 408 g/mol. The third kappa shape index (κ3) is 4.16. The van der Waals surface area contributed by atoms with E-state index in [1.165, 1.54) is 0 Å². The van der Waals surface area contributed by atoms with Gasteiger partial charge < -0.3 is 4.74 Å². The molecule has 8 heteroatoms. The van der Waals surface area contributed by atoms with Gasteiger partial charge in [-0.25, -0.2) is 4.98 Å². The highest BCUT2D eigenvalue weighted by molar-refractivity contribution is 7.10. The molecule has 0 saturated carbocycles. The van der Waals surface area contributed by atoms with Crippen molar-refractivity contribution in [1.29, 1.82) is 0 Å². The van der Waals surface area contributed by atoms with Crippen LogP contribution in [0.3, 0.4) is 0 Å². The molecule has 2 aromatic heterocycles. The van der Waals surface area contributed by atoms with Crippen LogP contribution in [0.5, 0.6) is 11.6 Å². The van der Waals surface area contributed by atoms with E-state index in [4.69, 9.17) is 16.3 Å². The summed E-state index contributed by atoms with van der Waals surface area (Å²) in [6.45, 7) is 0. The molecule has 4 aromatic rings. The van der Waals surface area contributed by atoms with Gasteiger partial charge in [-0.1, -0.05) is 41.9 Å². The van der Waals surface area contributed by atoms with Crippen LogP contribution in [0.4, 0.5) is 5.13 Å². The lowest BCUT2D eigenvalue weighted by atomic mass is 10.2. The number of carbonyl (C=O) groups is 1. The Bertz CT molecular complexity index is 1120. The number of nitrogens with one attached hydrogen (secondary N) is 1. The van der Waals surface area contributed by atoms with Crippen LogP contribution < -0.4 is 10.1 Å². The van der Waals surface area contributed by atoms with Gasteiger partial charge in [0.25, 0.3) is 5.91 Å². The molecule has 0 bridgehead atoms. The Balaban J connectivity index is 1.53. The molecule has 0 aliphatic heterocycles. The van der Waals surface area contributed by atoms with Crippen LogP contribution in [0.2, 0.25) is 5.02 Å². The van der Waals surface area contributed by atoms with Crippen molar-refractivity contribution in [1.82, 2.24) is 14.3 Å². The van der Waals surface area contributed by atoms with Gasteiger partial charge in [0.05, 0.1) is 0 Å². The average molecular weight is 409 g/mol. The summed E-state index contributed by atoms with van der Waals surface area (Å²) in [5.41, 5.74) is 1.07. The first kappa shape index (κ1) is 18.1. The van der Waals surface area contributed by atoms with E-state index in [1.807, 2.05) is 30.3 Å². The molecule has 4 rings (SSSR count). The minimum atomic E-state index is -0.382. The number of carbonyl (C=O) groups excluding carboxylic acids is 1. The fourth-order valence-corrected chi connectivity index (χ4v) is 3.20. The van der Waals surface area contributed by atoms with Crippen LogP contribution >= 0.6 is 23.1 Å². The molecule has 0 radical (unpaired) electrons. The molecular formula is C20H13ClN4O2S. The topological polar surface area (TPSA) is 77.0 Å². The second kappa shape index (κ2) is 8.16. The van der Waals surface area contributed by atoms with Gasteiger partial charge in [-0.3, -0.25) is 10.1 Å². The molecule has 2 aromatic carbocycles. The number of hydrogen-bond donors (Lipinski definition) is 1. The Labute approximate surface area is 170 Å². The molecule has 0 unspecified atom stereocenters. The van der Waals surface area contributed by atoms with Crippen LogP contribution in [0, 0.1) is 0 Å². The van der Waals surface area contributed by atoms with Gasteiger partial charge in [-0.05, 0) is 36.4 Å². The van der Waals surface area contributed by atoms with Gasteiger partial charge >= 0.3 is 0 Å². The van der Waals surface area contributed by atoms with E-state index in [-0.39, 0.29) is 11.8 Å². The largest absolute Gasteiger partial charge is 0.438 e. The number of amides is 1. The van der Waals surface area contributed by atoms with E-state index in [1.54, 1.807) is 42.6 Å². The van der Waals surface area contributed by atoms with Gasteiger partial charge in [-0.2, -0.15) is 9.36 Å². The summed E-state index contributed by atoms with van der Waals surface area (Å²) in [7, 11) is 0. The number of para-hydroxylation sites is 1. The Morgan fingerprint density at radius 2 is 1.89 bits per heavy atom. The second-order valence-electron chi connectivity index (χ2n) is 5.66. The van der Waals surface area contributed by atoms with Crippen molar-refractivity contribution in [3.8, 4) is 23.0 Å². The van der Waals surface area contributed by atoms with E-state index in [0.717, 1.165) is 17.1 Å². The molecule has 6 nitrogen and oxygen atoms in total. The number of ether oxygens (including phenoxy) is 1. The summed E-state index contributed by atoms with van der Waals surface area (Å²) >= 11 is 7.09. The lowest BCUT2D eigenvalue weighted by molar-refractivity contribution is 0.102. The normalized spacial score (nSPS) is 10.5. The zero-order valence-corrected chi connectivity index (χ0v) is 15.9. The summed E-state index contributed by atoms with van der Waals surface area (Å²) in [6.07, 6.45) is 1.57. The maximum atomic E-state index is 12.7. The molecule has 1 amide bonds. The van der Waals surface area contributed by atoms with Crippen molar-refractivity contribution in [3.05, 3.63) is 83.5 Å². The minimum Gasteiger partial charge on any atom is -0.438 e. The number of nitrogens with zero attached hydrogens (tertiary/aromatic N) is 3. The molecule has 2 heterocycles. The highest BCUT2D eigenvalue weighted by atomic mass is 35.5. The molecule has 1 N–H and O–H groups in total. The highest BCUT2D eigenvalue weighted by Crippen LogP contribution is 2.26. The summed E-state index contributed by atoms with van der Waals surface area (Å²) in [4.78, 5) is 21.2. The third-order valence-corrected chi connectivity index (χ3v) is 4.57. The molecule has 28 heavy (non-hydrogen) atoms. The van der Waals surface area contributed by atoms with Crippen LogP contribution in [0.15, 0.2) is 72.9 Å². The molecule has 0 saturated heterocycles. The Kier molecular flexibility index (Phi) is 5.27. The van der Waals surface area contributed by atoms with Crippen LogP contribution in [-0.4, -0.2) is 20.2 Å². The SMILES string of the molecule is O=C(Nc1nc(-c2cccc(Cl)c2)ns1)c1cccnc1Oc1ccccc1. The zero-order valence-electron chi connectivity index (χ0n) is 14.4. The number of benzene rings is 2. The lowest BCUT2D eigenvalue weighted by Gasteiger charge is -2.09. The first-order valence-electron chi connectivity index (χ1n) is 8.28. The number of hydrogen-bond acceptors (Lipinski definition) is 6. The Morgan fingerprint density at radius 3 is 2.71 bits per heavy atom. The smallest absolute Gasteiger partial charge is 0.262 e. The van der Waals surface area contributed by atoms with Crippen molar-refractivity contribution < 1.29 is 9.53 Å². The Hall–Kier alpha value is -3.29. The standard InChI is InChI=1S/C20H13ClN4O2S/c21-14-7-4-6-13(12-14)17-23-20(28-25-17)24-18(26)16-10-5-11-22-19(16)27-15-8-2-1-3-9-15/h1-12H,(H,23,24,25,26). The summed E-state index contributed by atoms with van der Waals surface area (Å²) in [6, 6.07) is 19.7. The van der Waals surface area contributed by atoms with Crippen LogP contribution in [-0.2, 0) is 0 Å². The molecular weight excluding hydrogens is 396 g/mol. The predicted molar refractivity (Wildman–Crippen MR) is 109 cm³/mol. The predicted octanol–water partition coefficient (Wildman–Crippen LogP) is 5.30. The number of rotatable bonds is 5. The molecule has 0 atom stereocenters. The maximum Gasteiger partial charge on any atom is 0.262 e. The van der Waals surface area contributed by atoms with Gasteiger partial charge in [0.15, 0.2) is 5.82 Å². The summed E-state index contributed by atoms with van der Waals surface area (Å²) in [5, 5.41) is 3.71. The first-order chi connectivity index (χ1) is 13.7. The van der Waals surface area contributed by atoms with Crippen molar-refractivity contribution in [2.24, 2.45) is 0 Å². The van der Waals surface area contributed by atoms with Crippen molar-refractivity contribution in [3.63, 3.8) is 0 Å². The highest BCUT2D eigenvalue weighted by Gasteiger charge is 2.17. The van der Waals surface area contributed by atoms with E-state index in [2.05, 4.69) is 19.7 Å². The fraction of sp³-hybridized carbons (Fsp3) is 0. The van der Waals surface area contributed by atoms with E-state index in [0.29, 0.717) is 27.3 Å². The van der Waals surface area contributed by atoms with Crippen LogP contribution in [0.25, 0.3) is 11.4 Å². The molecule has 0 spiro atoms. The van der Waals surface area contributed by atoms with Crippen LogP contribution in [0.1, 0.15) is 10.4 Å². The minimum absolute atomic E-state index is 0.214. The maximum absolute atomic E-state index is 12.7. The number of anilines is 1. The molecule has 0 aliphatic carbocycles. The number of aromatic nitrogens is 3. The second-order valence-corrected chi connectivity index (χ2v) is 6.85.